The molecule has 1 rings (SSSR count). The molecule has 0 aromatic heterocycles. The van der Waals surface area contributed by atoms with Crippen molar-refractivity contribution < 1.29 is 14.6 Å². The molecule has 2 atom stereocenters. The number of aryl methyl sites for hydroxylation is 2. The van der Waals surface area contributed by atoms with Gasteiger partial charge in [-0.1, -0.05) is 29.3 Å². The van der Waals surface area contributed by atoms with Gasteiger partial charge in [0.2, 0.25) is 0 Å². The molecule has 4 nitrogen and oxygen atoms in total. The van der Waals surface area contributed by atoms with Crippen LogP contribution in [0.4, 0.5) is 0 Å². The van der Waals surface area contributed by atoms with Crippen LogP contribution in [0.15, 0.2) is 18.2 Å². The summed E-state index contributed by atoms with van der Waals surface area (Å²) in [6.45, 7) is 5.58. The molecule has 0 aliphatic rings. The molecule has 1 aromatic carbocycles. The van der Waals surface area contributed by atoms with Crippen LogP contribution in [0.3, 0.4) is 0 Å². The zero-order valence-corrected chi connectivity index (χ0v) is 10.7. The number of hydrogen-bond donors (Lipinski definition) is 2. The Bertz CT molecular complexity index is 383. The number of esters is 1. The van der Waals surface area contributed by atoms with Gasteiger partial charge >= 0.3 is 5.97 Å². The standard InChI is InChI=1S/C13H19NO3/c1-8-5-9(2)7-11(6-8)12(15)14-10(3)13(16)17-4/h5-7,10,12,14-15H,1-4H3. The van der Waals surface area contributed by atoms with E-state index >= 15 is 0 Å². The zero-order chi connectivity index (χ0) is 13.0. The van der Waals surface area contributed by atoms with Crippen molar-refractivity contribution in [3.05, 3.63) is 34.9 Å². The predicted octanol–water partition coefficient (Wildman–Crippen LogP) is 1.45. The second-order valence-corrected chi connectivity index (χ2v) is 4.24. The topological polar surface area (TPSA) is 58.6 Å². The summed E-state index contributed by atoms with van der Waals surface area (Å²) >= 11 is 0. The predicted molar refractivity (Wildman–Crippen MR) is 65.5 cm³/mol. The normalized spacial score (nSPS) is 14.2. The van der Waals surface area contributed by atoms with E-state index in [4.69, 9.17) is 0 Å². The fourth-order valence-corrected chi connectivity index (χ4v) is 1.75. The number of benzene rings is 1. The van der Waals surface area contributed by atoms with Gasteiger partial charge in [-0.05, 0) is 26.3 Å². The van der Waals surface area contributed by atoms with E-state index in [0.717, 1.165) is 16.7 Å². The lowest BCUT2D eigenvalue weighted by molar-refractivity contribution is -0.143. The van der Waals surface area contributed by atoms with Gasteiger partial charge in [0.1, 0.15) is 12.3 Å². The molecule has 2 unspecified atom stereocenters. The highest BCUT2D eigenvalue weighted by Gasteiger charge is 2.17. The van der Waals surface area contributed by atoms with Crippen molar-refractivity contribution in [2.75, 3.05) is 7.11 Å². The van der Waals surface area contributed by atoms with Gasteiger partial charge < -0.3 is 9.84 Å². The van der Waals surface area contributed by atoms with Crippen molar-refractivity contribution in [1.29, 1.82) is 0 Å². The van der Waals surface area contributed by atoms with Gasteiger partial charge in [0, 0.05) is 0 Å². The quantitative estimate of drug-likeness (QED) is 0.614. The van der Waals surface area contributed by atoms with Crippen LogP contribution >= 0.6 is 0 Å². The lowest BCUT2D eigenvalue weighted by atomic mass is 10.1. The van der Waals surface area contributed by atoms with E-state index in [1.165, 1.54) is 7.11 Å². The van der Waals surface area contributed by atoms with Crippen LogP contribution in [0.1, 0.15) is 29.8 Å². The Hall–Kier alpha value is -1.39. The fraction of sp³-hybridized carbons (Fsp3) is 0.462. The molecule has 94 valence electrons. The van der Waals surface area contributed by atoms with Crippen LogP contribution in [-0.4, -0.2) is 24.2 Å². The van der Waals surface area contributed by atoms with Crippen LogP contribution in [-0.2, 0) is 9.53 Å². The lowest BCUT2D eigenvalue weighted by Crippen LogP contribution is -2.37. The number of aliphatic hydroxyl groups is 1. The molecule has 17 heavy (non-hydrogen) atoms. The molecule has 0 bridgehead atoms. The van der Waals surface area contributed by atoms with Gasteiger partial charge in [-0.25, -0.2) is 0 Å². The maximum Gasteiger partial charge on any atom is 0.322 e. The van der Waals surface area contributed by atoms with Gasteiger partial charge in [0.25, 0.3) is 0 Å². The molecule has 2 N–H and O–H groups in total. The molecular formula is C13H19NO3. The summed E-state index contributed by atoms with van der Waals surface area (Å²) in [7, 11) is 1.32. The fourth-order valence-electron chi connectivity index (χ4n) is 1.75. The minimum absolute atomic E-state index is 0.395. The van der Waals surface area contributed by atoms with Gasteiger partial charge in [0.05, 0.1) is 7.11 Å². The molecule has 0 saturated carbocycles. The van der Waals surface area contributed by atoms with Crippen LogP contribution in [0.2, 0.25) is 0 Å². The summed E-state index contributed by atoms with van der Waals surface area (Å²) < 4.78 is 4.58. The molecule has 0 fully saturated rings. The largest absolute Gasteiger partial charge is 0.468 e. The Balaban J connectivity index is 2.75. The van der Waals surface area contributed by atoms with Crippen molar-refractivity contribution in [2.24, 2.45) is 0 Å². The second-order valence-electron chi connectivity index (χ2n) is 4.24. The SMILES string of the molecule is COC(=O)C(C)NC(O)c1cc(C)cc(C)c1. The van der Waals surface area contributed by atoms with Crippen LogP contribution in [0.25, 0.3) is 0 Å². The van der Waals surface area contributed by atoms with E-state index in [9.17, 15) is 9.90 Å². The molecule has 0 spiro atoms. The summed E-state index contributed by atoms with van der Waals surface area (Å²) in [4.78, 5) is 11.2. The summed E-state index contributed by atoms with van der Waals surface area (Å²) in [5.41, 5.74) is 2.90. The highest BCUT2D eigenvalue weighted by molar-refractivity contribution is 5.75. The molecule has 0 radical (unpaired) electrons. The third-order valence-corrected chi connectivity index (χ3v) is 2.52. The smallest absolute Gasteiger partial charge is 0.322 e. The van der Waals surface area contributed by atoms with Gasteiger partial charge in [-0.2, -0.15) is 0 Å². The Morgan fingerprint density at radius 3 is 2.29 bits per heavy atom. The number of carbonyl (C=O) groups excluding carboxylic acids is 1. The lowest BCUT2D eigenvalue weighted by Gasteiger charge is -2.18. The number of aliphatic hydroxyl groups excluding tert-OH is 1. The summed E-state index contributed by atoms with van der Waals surface area (Å²) in [6.07, 6.45) is -0.873. The van der Waals surface area contributed by atoms with Gasteiger partial charge in [0.15, 0.2) is 0 Å². The molecule has 4 heteroatoms. The number of methoxy groups -OCH3 is 1. The summed E-state index contributed by atoms with van der Waals surface area (Å²) in [5, 5.41) is 12.7. The number of nitrogens with one attached hydrogen (secondary N) is 1. The maximum atomic E-state index is 11.2. The number of rotatable bonds is 4. The van der Waals surface area contributed by atoms with Crippen molar-refractivity contribution in [1.82, 2.24) is 5.32 Å². The maximum absolute atomic E-state index is 11.2. The molecular weight excluding hydrogens is 218 g/mol. The van der Waals surface area contributed by atoms with Crippen molar-refractivity contribution >= 4 is 5.97 Å². The van der Waals surface area contributed by atoms with E-state index < -0.39 is 18.2 Å². The first-order chi connectivity index (χ1) is 7.93. The van der Waals surface area contributed by atoms with Crippen molar-refractivity contribution in [3.8, 4) is 0 Å². The van der Waals surface area contributed by atoms with E-state index in [2.05, 4.69) is 10.1 Å². The number of ether oxygens (including phenoxy) is 1. The average Bonchev–Trinajstić information content (AvgIpc) is 2.26. The first-order valence-electron chi connectivity index (χ1n) is 5.54. The molecule has 0 amide bonds. The Kier molecular flexibility index (Phi) is 4.66. The van der Waals surface area contributed by atoms with E-state index in [1.54, 1.807) is 6.92 Å². The average molecular weight is 237 g/mol. The molecule has 0 heterocycles. The molecule has 0 saturated heterocycles. The highest BCUT2D eigenvalue weighted by atomic mass is 16.5. The summed E-state index contributed by atoms with van der Waals surface area (Å²) in [6, 6.07) is 5.25. The minimum Gasteiger partial charge on any atom is -0.468 e. The zero-order valence-electron chi connectivity index (χ0n) is 10.7. The van der Waals surface area contributed by atoms with Crippen LogP contribution in [0, 0.1) is 13.8 Å². The minimum atomic E-state index is -0.873. The monoisotopic (exact) mass is 237 g/mol. The Morgan fingerprint density at radius 1 is 1.29 bits per heavy atom. The highest BCUT2D eigenvalue weighted by Crippen LogP contribution is 2.15. The molecule has 0 aliphatic carbocycles. The number of carbonyl (C=O) groups is 1. The molecule has 0 aliphatic heterocycles. The van der Waals surface area contributed by atoms with E-state index in [1.807, 2.05) is 32.0 Å². The number of hydrogen-bond acceptors (Lipinski definition) is 4. The third kappa shape index (κ3) is 3.84. The van der Waals surface area contributed by atoms with Crippen molar-refractivity contribution in [3.63, 3.8) is 0 Å². The first kappa shape index (κ1) is 13.7. The second kappa shape index (κ2) is 5.80. The Labute approximate surface area is 102 Å². The first-order valence-corrected chi connectivity index (χ1v) is 5.54. The van der Waals surface area contributed by atoms with Crippen LogP contribution < -0.4 is 5.32 Å². The molecule has 1 aromatic rings. The van der Waals surface area contributed by atoms with E-state index in [0.29, 0.717) is 0 Å². The van der Waals surface area contributed by atoms with Gasteiger partial charge in [-0.3, -0.25) is 10.1 Å². The van der Waals surface area contributed by atoms with Crippen LogP contribution in [0.5, 0.6) is 0 Å². The Morgan fingerprint density at radius 2 is 1.82 bits per heavy atom. The summed E-state index contributed by atoms with van der Waals surface area (Å²) in [5.74, 6) is -0.395. The van der Waals surface area contributed by atoms with E-state index in [-0.39, 0.29) is 0 Å². The van der Waals surface area contributed by atoms with Gasteiger partial charge in [-0.15, -0.1) is 0 Å². The third-order valence-electron chi connectivity index (χ3n) is 2.52. The van der Waals surface area contributed by atoms with Crippen molar-refractivity contribution in [2.45, 2.75) is 33.0 Å².